The fourth-order valence-corrected chi connectivity index (χ4v) is 2.32. The smallest absolute Gasteiger partial charge is 0.261 e. The van der Waals surface area contributed by atoms with E-state index in [4.69, 9.17) is 14.2 Å². The zero-order valence-corrected chi connectivity index (χ0v) is 14.5. The maximum absolute atomic E-state index is 12.1. The first-order chi connectivity index (χ1) is 12.2. The molecule has 0 spiro atoms. The number of amides is 1. The molecular formula is C19H22N2O4. The molecule has 0 saturated heterocycles. The predicted molar refractivity (Wildman–Crippen MR) is 94.3 cm³/mol. The molecule has 0 radical (unpaired) electrons. The quantitative estimate of drug-likeness (QED) is 0.446. The molecule has 1 aromatic rings. The molecule has 0 fully saturated rings. The van der Waals surface area contributed by atoms with E-state index in [0.717, 1.165) is 22.6 Å². The first-order valence-corrected chi connectivity index (χ1v) is 8.17. The highest BCUT2D eigenvalue weighted by molar-refractivity contribution is 5.98. The molecule has 1 heterocycles. The van der Waals surface area contributed by atoms with E-state index in [9.17, 15) is 10.1 Å². The van der Waals surface area contributed by atoms with Crippen LogP contribution in [-0.2, 0) is 9.53 Å². The molecule has 0 bridgehead atoms. The Morgan fingerprint density at radius 2 is 2.32 bits per heavy atom. The number of nitrogens with zero attached hydrogens (tertiary/aromatic N) is 1. The number of hydrogen-bond acceptors (Lipinski definition) is 5. The van der Waals surface area contributed by atoms with Crippen molar-refractivity contribution in [3.63, 3.8) is 0 Å². The van der Waals surface area contributed by atoms with Gasteiger partial charge in [-0.1, -0.05) is 0 Å². The standard InChI is InChI=1S/C19H22N2O4/c1-3-24-8-4-7-21-19(22)16(12-20)10-14-9-15-5-6-17(23-2)11-18(15)25-13-14/h5-6,9-11H,3-4,7-8,13H2,1-2H3,(H,21,22)/b16-10+. The van der Waals surface area contributed by atoms with E-state index in [2.05, 4.69) is 5.32 Å². The molecule has 1 aliphatic rings. The second-order valence-electron chi connectivity index (χ2n) is 5.39. The van der Waals surface area contributed by atoms with Crippen LogP contribution in [0.15, 0.2) is 35.4 Å². The topological polar surface area (TPSA) is 80.6 Å². The van der Waals surface area contributed by atoms with E-state index in [0.29, 0.717) is 32.8 Å². The van der Waals surface area contributed by atoms with Crippen molar-refractivity contribution < 1.29 is 19.0 Å². The van der Waals surface area contributed by atoms with Crippen molar-refractivity contribution in [2.24, 2.45) is 0 Å². The summed E-state index contributed by atoms with van der Waals surface area (Å²) in [5.74, 6) is 1.05. The third-order valence-corrected chi connectivity index (χ3v) is 3.61. The number of hydrogen-bond donors (Lipinski definition) is 1. The molecule has 132 valence electrons. The number of nitriles is 1. The Morgan fingerprint density at radius 3 is 3.04 bits per heavy atom. The molecular weight excluding hydrogens is 320 g/mol. The SMILES string of the molecule is CCOCCCNC(=O)/C(C#N)=C/C1=Cc2ccc(OC)cc2OC1. The van der Waals surface area contributed by atoms with Crippen LogP contribution in [0.4, 0.5) is 0 Å². The molecule has 0 aliphatic carbocycles. The second kappa shape index (κ2) is 9.50. The third-order valence-electron chi connectivity index (χ3n) is 3.61. The molecule has 6 heteroatoms. The van der Waals surface area contributed by atoms with E-state index in [1.165, 1.54) is 0 Å². The fourth-order valence-electron chi connectivity index (χ4n) is 2.32. The minimum Gasteiger partial charge on any atom is -0.497 e. The van der Waals surface area contributed by atoms with Gasteiger partial charge in [0, 0.05) is 31.4 Å². The first-order valence-electron chi connectivity index (χ1n) is 8.17. The Hall–Kier alpha value is -2.78. The third kappa shape index (κ3) is 5.37. The van der Waals surface area contributed by atoms with Gasteiger partial charge in [-0.2, -0.15) is 5.26 Å². The summed E-state index contributed by atoms with van der Waals surface area (Å²) in [4.78, 5) is 12.1. The predicted octanol–water partition coefficient (Wildman–Crippen LogP) is 2.46. The van der Waals surface area contributed by atoms with Gasteiger partial charge in [-0.3, -0.25) is 4.79 Å². The molecule has 0 atom stereocenters. The molecule has 2 rings (SSSR count). The maximum atomic E-state index is 12.1. The van der Waals surface area contributed by atoms with Crippen LogP contribution in [0.2, 0.25) is 0 Å². The lowest BCUT2D eigenvalue weighted by Gasteiger charge is -2.17. The summed E-state index contributed by atoms with van der Waals surface area (Å²) in [6.45, 7) is 3.92. The molecule has 6 nitrogen and oxygen atoms in total. The van der Waals surface area contributed by atoms with Gasteiger partial charge in [-0.05, 0) is 43.2 Å². The van der Waals surface area contributed by atoms with Crippen LogP contribution < -0.4 is 14.8 Å². The summed E-state index contributed by atoms with van der Waals surface area (Å²) >= 11 is 0. The van der Waals surface area contributed by atoms with Crippen LogP contribution in [0.5, 0.6) is 11.5 Å². The summed E-state index contributed by atoms with van der Waals surface area (Å²) in [6.07, 6.45) is 4.17. The highest BCUT2D eigenvalue weighted by Gasteiger charge is 2.14. The van der Waals surface area contributed by atoms with Crippen LogP contribution in [0.25, 0.3) is 6.08 Å². The van der Waals surface area contributed by atoms with Gasteiger partial charge in [0.2, 0.25) is 0 Å². The zero-order valence-electron chi connectivity index (χ0n) is 14.5. The number of fused-ring (bicyclic) bond motifs is 1. The van der Waals surface area contributed by atoms with Crippen LogP contribution in [0.3, 0.4) is 0 Å². The van der Waals surface area contributed by atoms with Crippen molar-refractivity contribution in [1.82, 2.24) is 5.32 Å². The van der Waals surface area contributed by atoms with Crippen molar-refractivity contribution in [3.8, 4) is 17.6 Å². The van der Waals surface area contributed by atoms with E-state index in [-0.39, 0.29) is 11.5 Å². The van der Waals surface area contributed by atoms with Gasteiger partial charge >= 0.3 is 0 Å². The summed E-state index contributed by atoms with van der Waals surface area (Å²) < 4.78 is 16.1. The molecule has 1 aliphatic heterocycles. The van der Waals surface area contributed by atoms with Gasteiger partial charge in [0.15, 0.2) is 0 Å². The normalized spacial score (nSPS) is 13.2. The number of benzene rings is 1. The molecule has 1 aromatic carbocycles. The van der Waals surface area contributed by atoms with Crippen LogP contribution in [-0.4, -0.2) is 39.4 Å². The average Bonchev–Trinajstić information content (AvgIpc) is 2.65. The Labute approximate surface area is 147 Å². The summed E-state index contributed by atoms with van der Waals surface area (Å²) in [6, 6.07) is 7.46. The van der Waals surface area contributed by atoms with Crippen molar-refractivity contribution in [2.45, 2.75) is 13.3 Å². The number of carbonyl (C=O) groups excluding carboxylic acids is 1. The van der Waals surface area contributed by atoms with Crippen molar-refractivity contribution in [2.75, 3.05) is 33.5 Å². The van der Waals surface area contributed by atoms with Crippen molar-refractivity contribution >= 4 is 12.0 Å². The fraction of sp³-hybridized carbons (Fsp3) is 0.368. The van der Waals surface area contributed by atoms with Crippen molar-refractivity contribution in [3.05, 3.63) is 41.0 Å². The molecule has 0 unspecified atom stereocenters. The van der Waals surface area contributed by atoms with Crippen molar-refractivity contribution in [1.29, 1.82) is 5.26 Å². The van der Waals surface area contributed by atoms with Gasteiger partial charge in [-0.25, -0.2) is 0 Å². The lowest BCUT2D eigenvalue weighted by Crippen LogP contribution is -2.26. The van der Waals surface area contributed by atoms with Crippen LogP contribution in [0.1, 0.15) is 18.9 Å². The van der Waals surface area contributed by atoms with E-state index >= 15 is 0 Å². The Bertz CT molecular complexity index is 717. The van der Waals surface area contributed by atoms with E-state index < -0.39 is 0 Å². The number of rotatable bonds is 8. The van der Waals surface area contributed by atoms with Gasteiger partial charge in [0.25, 0.3) is 5.91 Å². The van der Waals surface area contributed by atoms with Gasteiger partial charge in [-0.15, -0.1) is 0 Å². The number of ether oxygens (including phenoxy) is 3. The highest BCUT2D eigenvalue weighted by Crippen LogP contribution is 2.30. The lowest BCUT2D eigenvalue weighted by molar-refractivity contribution is -0.117. The minimum atomic E-state index is -0.388. The maximum Gasteiger partial charge on any atom is 0.261 e. The molecule has 1 amide bonds. The molecule has 25 heavy (non-hydrogen) atoms. The van der Waals surface area contributed by atoms with E-state index in [1.807, 2.05) is 37.3 Å². The number of methoxy groups -OCH3 is 1. The zero-order chi connectivity index (χ0) is 18.1. The van der Waals surface area contributed by atoms with Gasteiger partial charge in [0.1, 0.15) is 29.7 Å². The van der Waals surface area contributed by atoms with Gasteiger partial charge < -0.3 is 19.5 Å². The largest absolute Gasteiger partial charge is 0.497 e. The Morgan fingerprint density at radius 1 is 1.48 bits per heavy atom. The Balaban J connectivity index is 2.02. The minimum absolute atomic E-state index is 0.0585. The first kappa shape index (κ1) is 18.6. The lowest BCUT2D eigenvalue weighted by atomic mass is 10.0. The monoisotopic (exact) mass is 342 g/mol. The summed E-state index contributed by atoms with van der Waals surface area (Å²) in [5.41, 5.74) is 1.70. The summed E-state index contributed by atoms with van der Waals surface area (Å²) in [7, 11) is 1.60. The van der Waals surface area contributed by atoms with Crippen LogP contribution >= 0.6 is 0 Å². The molecule has 0 saturated carbocycles. The van der Waals surface area contributed by atoms with Gasteiger partial charge in [0.05, 0.1) is 7.11 Å². The number of nitrogens with one attached hydrogen (secondary N) is 1. The van der Waals surface area contributed by atoms with Crippen LogP contribution in [0, 0.1) is 11.3 Å². The summed E-state index contributed by atoms with van der Waals surface area (Å²) in [5, 5.41) is 12.0. The second-order valence-corrected chi connectivity index (χ2v) is 5.39. The average molecular weight is 342 g/mol. The molecule has 0 aromatic heterocycles. The van der Waals surface area contributed by atoms with E-state index in [1.54, 1.807) is 13.2 Å². The number of carbonyl (C=O) groups is 1. The highest BCUT2D eigenvalue weighted by atomic mass is 16.5. The molecule has 1 N–H and O–H groups in total. The Kier molecular flexibility index (Phi) is 7.05.